The Hall–Kier alpha value is -0.0300. The highest BCUT2D eigenvalue weighted by Crippen LogP contribution is 2.23. The Morgan fingerprint density at radius 1 is 1.33 bits per heavy atom. The van der Waals surface area contributed by atoms with Crippen molar-refractivity contribution in [1.82, 2.24) is 5.43 Å². The maximum atomic E-state index is 5.61. The van der Waals surface area contributed by atoms with Crippen molar-refractivity contribution in [2.24, 2.45) is 11.8 Å². The van der Waals surface area contributed by atoms with Gasteiger partial charge in [0.1, 0.15) is 0 Å². The van der Waals surface area contributed by atoms with E-state index in [0.29, 0.717) is 6.04 Å². The molecular formula is C14H23BrN2S. The van der Waals surface area contributed by atoms with Crippen LogP contribution >= 0.6 is 27.7 Å². The predicted octanol–water partition coefficient (Wildman–Crippen LogP) is 4.20. The molecule has 0 aromatic heterocycles. The Bertz CT molecular complexity index is 344. The van der Waals surface area contributed by atoms with Crippen molar-refractivity contribution in [2.75, 3.05) is 5.75 Å². The van der Waals surface area contributed by atoms with Gasteiger partial charge in [0.25, 0.3) is 0 Å². The molecule has 0 bridgehead atoms. The number of rotatable bonds is 8. The highest BCUT2D eigenvalue weighted by Gasteiger charge is 2.08. The van der Waals surface area contributed by atoms with Gasteiger partial charge in [-0.1, -0.05) is 48.7 Å². The monoisotopic (exact) mass is 330 g/mol. The first-order chi connectivity index (χ1) is 8.61. The molecule has 0 fully saturated rings. The number of benzene rings is 1. The first kappa shape index (κ1) is 16.0. The van der Waals surface area contributed by atoms with Crippen LogP contribution in [0.15, 0.2) is 33.6 Å². The van der Waals surface area contributed by atoms with E-state index in [-0.39, 0.29) is 0 Å². The molecule has 0 saturated carbocycles. The number of halogens is 1. The van der Waals surface area contributed by atoms with Crippen LogP contribution in [0.5, 0.6) is 0 Å². The van der Waals surface area contributed by atoms with Crippen molar-refractivity contribution in [2.45, 2.75) is 44.0 Å². The average Bonchev–Trinajstić information content (AvgIpc) is 2.33. The Morgan fingerprint density at radius 2 is 2.11 bits per heavy atom. The quantitative estimate of drug-likeness (QED) is 0.426. The van der Waals surface area contributed by atoms with Gasteiger partial charge >= 0.3 is 0 Å². The molecule has 1 unspecified atom stereocenters. The molecule has 18 heavy (non-hydrogen) atoms. The molecule has 2 nitrogen and oxygen atoms in total. The molecular weight excluding hydrogens is 308 g/mol. The zero-order valence-corrected chi connectivity index (χ0v) is 13.6. The number of hydrogen-bond acceptors (Lipinski definition) is 3. The SMILES string of the molecule is CC(C)CCCC(CSc1cccc(Br)c1)NN. The molecule has 0 radical (unpaired) electrons. The first-order valence-corrected chi connectivity index (χ1v) is 8.24. The van der Waals surface area contributed by atoms with Crippen LogP contribution in [0.4, 0.5) is 0 Å². The van der Waals surface area contributed by atoms with Crippen LogP contribution in [0.3, 0.4) is 0 Å². The normalized spacial score (nSPS) is 12.9. The van der Waals surface area contributed by atoms with Crippen molar-refractivity contribution < 1.29 is 0 Å². The molecule has 0 saturated heterocycles. The minimum Gasteiger partial charge on any atom is -0.271 e. The predicted molar refractivity (Wildman–Crippen MR) is 84.7 cm³/mol. The van der Waals surface area contributed by atoms with E-state index in [1.54, 1.807) is 0 Å². The largest absolute Gasteiger partial charge is 0.271 e. The maximum absolute atomic E-state index is 5.61. The van der Waals surface area contributed by atoms with E-state index in [9.17, 15) is 0 Å². The van der Waals surface area contributed by atoms with E-state index in [0.717, 1.165) is 22.6 Å². The molecule has 0 aliphatic heterocycles. The molecule has 1 aromatic carbocycles. The van der Waals surface area contributed by atoms with Crippen molar-refractivity contribution in [3.63, 3.8) is 0 Å². The minimum atomic E-state index is 0.396. The Kier molecular flexibility index (Phi) is 7.98. The lowest BCUT2D eigenvalue weighted by molar-refractivity contribution is 0.469. The van der Waals surface area contributed by atoms with E-state index in [1.807, 2.05) is 17.8 Å². The van der Waals surface area contributed by atoms with E-state index < -0.39 is 0 Å². The second-order valence-corrected chi connectivity index (χ2v) is 6.97. The maximum Gasteiger partial charge on any atom is 0.0304 e. The lowest BCUT2D eigenvalue weighted by Gasteiger charge is -2.16. The van der Waals surface area contributed by atoms with Gasteiger partial charge in [-0.05, 0) is 30.5 Å². The lowest BCUT2D eigenvalue weighted by Crippen LogP contribution is -2.37. The number of hydrazine groups is 1. The Balaban J connectivity index is 2.30. The summed E-state index contributed by atoms with van der Waals surface area (Å²) in [5.41, 5.74) is 2.93. The van der Waals surface area contributed by atoms with Crippen LogP contribution < -0.4 is 11.3 Å². The smallest absolute Gasteiger partial charge is 0.0304 e. The van der Waals surface area contributed by atoms with E-state index >= 15 is 0 Å². The molecule has 4 heteroatoms. The molecule has 1 rings (SSSR count). The molecule has 0 aliphatic rings. The summed E-state index contributed by atoms with van der Waals surface area (Å²) in [7, 11) is 0. The highest BCUT2D eigenvalue weighted by atomic mass is 79.9. The third-order valence-electron chi connectivity index (χ3n) is 2.82. The van der Waals surface area contributed by atoms with Gasteiger partial charge in [0, 0.05) is 21.2 Å². The summed E-state index contributed by atoms with van der Waals surface area (Å²) < 4.78 is 1.13. The standard InChI is InChI=1S/C14H23BrN2S/c1-11(2)5-3-7-13(17-16)10-18-14-8-4-6-12(15)9-14/h4,6,8-9,11,13,17H,3,5,7,10,16H2,1-2H3. The molecule has 1 aromatic rings. The summed E-state index contributed by atoms with van der Waals surface area (Å²) in [4.78, 5) is 1.29. The highest BCUT2D eigenvalue weighted by molar-refractivity contribution is 9.10. The average molecular weight is 331 g/mol. The molecule has 0 heterocycles. The molecule has 0 spiro atoms. The van der Waals surface area contributed by atoms with Crippen molar-refractivity contribution >= 4 is 27.7 Å². The van der Waals surface area contributed by atoms with Crippen molar-refractivity contribution in [3.05, 3.63) is 28.7 Å². The van der Waals surface area contributed by atoms with Gasteiger partial charge in [0.05, 0.1) is 0 Å². The summed E-state index contributed by atoms with van der Waals surface area (Å²) in [5.74, 6) is 7.41. The van der Waals surface area contributed by atoms with Gasteiger partial charge in [0.15, 0.2) is 0 Å². The molecule has 0 aliphatic carbocycles. The fourth-order valence-corrected chi connectivity index (χ4v) is 3.33. The number of thioether (sulfide) groups is 1. The molecule has 3 N–H and O–H groups in total. The van der Waals surface area contributed by atoms with Crippen molar-refractivity contribution in [3.8, 4) is 0 Å². The second-order valence-electron chi connectivity index (χ2n) is 4.96. The minimum absolute atomic E-state index is 0.396. The third-order valence-corrected chi connectivity index (χ3v) is 4.47. The van der Waals surface area contributed by atoms with Gasteiger partial charge in [-0.2, -0.15) is 0 Å². The van der Waals surface area contributed by atoms with Crippen LogP contribution in [-0.4, -0.2) is 11.8 Å². The summed E-state index contributed by atoms with van der Waals surface area (Å²) in [6.45, 7) is 4.53. The summed E-state index contributed by atoms with van der Waals surface area (Å²) in [6.07, 6.45) is 3.67. The first-order valence-electron chi connectivity index (χ1n) is 6.46. The topological polar surface area (TPSA) is 38.0 Å². The summed E-state index contributed by atoms with van der Waals surface area (Å²) in [6, 6.07) is 8.79. The van der Waals surface area contributed by atoms with Gasteiger partial charge in [-0.3, -0.25) is 11.3 Å². The van der Waals surface area contributed by atoms with Gasteiger partial charge in [-0.25, -0.2) is 0 Å². The summed E-state index contributed by atoms with van der Waals surface area (Å²) in [5, 5.41) is 0. The fourth-order valence-electron chi connectivity index (χ4n) is 1.74. The van der Waals surface area contributed by atoms with Gasteiger partial charge in [-0.15, -0.1) is 11.8 Å². The fraction of sp³-hybridized carbons (Fsp3) is 0.571. The van der Waals surface area contributed by atoms with E-state index in [4.69, 9.17) is 5.84 Å². The van der Waals surface area contributed by atoms with Gasteiger partial charge < -0.3 is 0 Å². The number of hydrogen-bond donors (Lipinski definition) is 2. The Morgan fingerprint density at radius 3 is 2.72 bits per heavy atom. The van der Waals surface area contributed by atoms with Crippen LogP contribution in [0.25, 0.3) is 0 Å². The molecule has 102 valence electrons. The zero-order chi connectivity index (χ0) is 13.4. The van der Waals surface area contributed by atoms with E-state index in [1.165, 1.54) is 17.7 Å². The Labute approximate surface area is 123 Å². The van der Waals surface area contributed by atoms with Gasteiger partial charge in [0.2, 0.25) is 0 Å². The van der Waals surface area contributed by atoms with Crippen LogP contribution in [-0.2, 0) is 0 Å². The lowest BCUT2D eigenvalue weighted by atomic mass is 10.0. The van der Waals surface area contributed by atoms with Crippen LogP contribution in [0, 0.1) is 5.92 Å². The number of nitrogens with two attached hydrogens (primary N) is 1. The molecule has 0 amide bonds. The molecule has 1 atom stereocenters. The summed E-state index contributed by atoms with van der Waals surface area (Å²) >= 11 is 5.34. The van der Waals surface area contributed by atoms with E-state index in [2.05, 4.69) is 53.4 Å². The van der Waals surface area contributed by atoms with Crippen LogP contribution in [0.2, 0.25) is 0 Å². The zero-order valence-electron chi connectivity index (χ0n) is 11.2. The third kappa shape index (κ3) is 6.78. The van der Waals surface area contributed by atoms with Crippen LogP contribution in [0.1, 0.15) is 33.1 Å². The van der Waals surface area contributed by atoms with Crippen molar-refractivity contribution in [1.29, 1.82) is 0 Å². The second kappa shape index (κ2) is 8.97. The number of nitrogens with one attached hydrogen (secondary N) is 1.